The maximum absolute atomic E-state index is 12.9. The lowest BCUT2D eigenvalue weighted by Crippen LogP contribution is -2.38. The van der Waals surface area contributed by atoms with Crippen molar-refractivity contribution in [2.45, 2.75) is 31.7 Å². The molecule has 0 radical (unpaired) electrons. The molecule has 29 heavy (non-hydrogen) atoms. The zero-order valence-corrected chi connectivity index (χ0v) is 16.8. The van der Waals surface area contributed by atoms with Gasteiger partial charge in [0.2, 0.25) is 0 Å². The summed E-state index contributed by atoms with van der Waals surface area (Å²) in [6.45, 7) is 4.49. The SMILES string of the molecule is CN1CCc2nc(C3CCN(C(=O)c4ccc5c(c4)OCCO5)CC3)ncc2C1. The van der Waals surface area contributed by atoms with Crippen molar-refractivity contribution in [3.05, 3.63) is 47.0 Å². The van der Waals surface area contributed by atoms with E-state index < -0.39 is 0 Å². The molecule has 1 amide bonds. The van der Waals surface area contributed by atoms with Gasteiger partial charge in [0.15, 0.2) is 11.5 Å². The highest BCUT2D eigenvalue weighted by Gasteiger charge is 2.28. The molecule has 0 aliphatic carbocycles. The number of piperidine rings is 1. The van der Waals surface area contributed by atoms with Crippen LogP contribution in [0.5, 0.6) is 11.5 Å². The molecule has 3 aliphatic heterocycles. The zero-order valence-electron chi connectivity index (χ0n) is 16.8. The fourth-order valence-corrected chi connectivity index (χ4v) is 4.37. The molecule has 0 bridgehead atoms. The van der Waals surface area contributed by atoms with Crippen molar-refractivity contribution in [3.63, 3.8) is 0 Å². The summed E-state index contributed by atoms with van der Waals surface area (Å²) in [4.78, 5) is 26.7. The number of fused-ring (bicyclic) bond motifs is 2. The predicted molar refractivity (Wildman–Crippen MR) is 107 cm³/mol. The summed E-state index contributed by atoms with van der Waals surface area (Å²) in [7, 11) is 2.13. The van der Waals surface area contributed by atoms with Gasteiger partial charge in [0.05, 0.1) is 0 Å². The molecule has 0 atom stereocenters. The molecular formula is C22H26N4O3. The number of likely N-dealkylation sites (tertiary alicyclic amines) is 1. The number of nitrogens with zero attached hydrogens (tertiary/aromatic N) is 4. The summed E-state index contributed by atoms with van der Waals surface area (Å²) >= 11 is 0. The van der Waals surface area contributed by atoms with E-state index in [9.17, 15) is 4.79 Å². The molecule has 1 fully saturated rings. The molecule has 7 nitrogen and oxygen atoms in total. The van der Waals surface area contributed by atoms with E-state index in [0.29, 0.717) is 36.2 Å². The van der Waals surface area contributed by atoms with Crippen molar-refractivity contribution >= 4 is 5.91 Å². The average Bonchev–Trinajstić information content (AvgIpc) is 2.78. The maximum Gasteiger partial charge on any atom is 0.253 e. The molecule has 1 saturated heterocycles. The zero-order chi connectivity index (χ0) is 19.8. The molecule has 1 aromatic carbocycles. The van der Waals surface area contributed by atoms with Gasteiger partial charge in [-0.25, -0.2) is 9.97 Å². The van der Waals surface area contributed by atoms with Gasteiger partial charge in [-0.15, -0.1) is 0 Å². The molecule has 0 unspecified atom stereocenters. The molecule has 7 heteroatoms. The molecule has 0 saturated carbocycles. The van der Waals surface area contributed by atoms with E-state index in [0.717, 1.165) is 51.3 Å². The van der Waals surface area contributed by atoms with E-state index in [1.807, 2.05) is 23.2 Å². The van der Waals surface area contributed by atoms with Gasteiger partial charge in [0.1, 0.15) is 19.0 Å². The number of aromatic nitrogens is 2. The minimum atomic E-state index is 0.0508. The van der Waals surface area contributed by atoms with E-state index in [2.05, 4.69) is 16.9 Å². The molecule has 4 heterocycles. The number of carbonyl (C=O) groups excluding carboxylic acids is 1. The standard InChI is InChI=1S/C22H26N4O3/c1-25-7-6-18-17(14-25)13-23-21(24-18)15-4-8-26(9-5-15)22(27)16-2-3-19-20(12-16)29-11-10-28-19/h2-3,12-13,15H,4-11,14H2,1H3. The van der Waals surface area contributed by atoms with Crippen molar-refractivity contribution in [2.75, 3.05) is 39.9 Å². The predicted octanol–water partition coefficient (Wildman–Crippen LogP) is 2.26. The fourth-order valence-electron chi connectivity index (χ4n) is 4.37. The fraction of sp³-hybridized carbons (Fsp3) is 0.500. The van der Waals surface area contributed by atoms with Gasteiger partial charge in [-0.1, -0.05) is 0 Å². The van der Waals surface area contributed by atoms with Gasteiger partial charge in [-0.3, -0.25) is 4.79 Å². The molecule has 5 rings (SSSR count). The van der Waals surface area contributed by atoms with E-state index >= 15 is 0 Å². The Balaban J connectivity index is 1.24. The number of ether oxygens (including phenoxy) is 2. The number of hydrogen-bond donors (Lipinski definition) is 0. The average molecular weight is 394 g/mol. The summed E-state index contributed by atoms with van der Waals surface area (Å²) < 4.78 is 11.2. The molecule has 0 N–H and O–H groups in total. The summed E-state index contributed by atoms with van der Waals surface area (Å²) in [5, 5.41) is 0. The monoisotopic (exact) mass is 394 g/mol. The van der Waals surface area contributed by atoms with Gasteiger partial charge in [-0.05, 0) is 38.1 Å². The number of likely N-dealkylation sites (N-methyl/N-ethyl adjacent to an activating group) is 1. The Hall–Kier alpha value is -2.67. The topological polar surface area (TPSA) is 67.8 Å². The van der Waals surface area contributed by atoms with Crippen LogP contribution in [0, 0.1) is 0 Å². The lowest BCUT2D eigenvalue weighted by molar-refractivity contribution is 0.0710. The van der Waals surface area contributed by atoms with Crippen LogP contribution in [0.1, 0.15) is 46.2 Å². The number of rotatable bonds is 2. The van der Waals surface area contributed by atoms with E-state index in [1.165, 1.54) is 11.3 Å². The van der Waals surface area contributed by atoms with E-state index in [-0.39, 0.29) is 5.91 Å². The van der Waals surface area contributed by atoms with Crippen molar-refractivity contribution in [2.24, 2.45) is 0 Å². The molecule has 3 aliphatic rings. The van der Waals surface area contributed by atoms with Gasteiger partial charge in [0.25, 0.3) is 5.91 Å². The first-order chi connectivity index (χ1) is 14.2. The first-order valence-electron chi connectivity index (χ1n) is 10.4. The molecule has 1 aromatic heterocycles. The van der Waals surface area contributed by atoms with Crippen molar-refractivity contribution in [1.82, 2.24) is 19.8 Å². The Morgan fingerprint density at radius 2 is 1.90 bits per heavy atom. The van der Waals surface area contributed by atoms with Crippen LogP contribution >= 0.6 is 0 Å². The van der Waals surface area contributed by atoms with E-state index in [4.69, 9.17) is 14.5 Å². The van der Waals surface area contributed by atoms with Gasteiger partial charge >= 0.3 is 0 Å². The first kappa shape index (κ1) is 18.4. The minimum Gasteiger partial charge on any atom is -0.486 e. The third-order valence-electron chi connectivity index (χ3n) is 6.08. The van der Waals surface area contributed by atoms with Crippen LogP contribution in [0.15, 0.2) is 24.4 Å². The summed E-state index contributed by atoms with van der Waals surface area (Å²) in [6.07, 6.45) is 4.78. The van der Waals surface area contributed by atoms with Crippen LogP contribution in [-0.2, 0) is 13.0 Å². The van der Waals surface area contributed by atoms with E-state index in [1.54, 1.807) is 6.07 Å². The first-order valence-corrected chi connectivity index (χ1v) is 10.4. The second kappa shape index (κ2) is 7.63. The highest BCUT2D eigenvalue weighted by molar-refractivity contribution is 5.95. The Morgan fingerprint density at radius 1 is 1.10 bits per heavy atom. The normalized spacial score (nSPS) is 19.7. The Kier molecular flexibility index (Phi) is 4.83. The smallest absolute Gasteiger partial charge is 0.253 e. The molecule has 2 aromatic rings. The lowest BCUT2D eigenvalue weighted by Gasteiger charge is -2.32. The van der Waals surface area contributed by atoms with Gasteiger partial charge < -0.3 is 19.3 Å². The van der Waals surface area contributed by atoms with Crippen LogP contribution in [0.25, 0.3) is 0 Å². The van der Waals surface area contributed by atoms with Crippen LogP contribution in [0.4, 0.5) is 0 Å². The molecule has 152 valence electrons. The summed E-state index contributed by atoms with van der Waals surface area (Å²) in [5.41, 5.74) is 3.10. The number of carbonyl (C=O) groups is 1. The molecular weight excluding hydrogens is 368 g/mol. The Bertz CT molecular complexity index is 924. The van der Waals surface area contributed by atoms with Crippen LogP contribution in [0.3, 0.4) is 0 Å². The van der Waals surface area contributed by atoms with Crippen molar-refractivity contribution < 1.29 is 14.3 Å². The summed E-state index contributed by atoms with van der Waals surface area (Å²) in [6, 6.07) is 5.45. The third-order valence-corrected chi connectivity index (χ3v) is 6.08. The highest BCUT2D eigenvalue weighted by Crippen LogP contribution is 2.32. The van der Waals surface area contributed by atoms with Gasteiger partial charge in [0, 0.05) is 61.5 Å². The largest absolute Gasteiger partial charge is 0.486 e. The second-order valence-corrected chi connectivity index (χ2v) is 8.11. The summed E-state index contributed by atoms with van der Waals surface area (Å²) in [5.74, 6) is 2.69. The van der Waals surface area contributed by atoms with Gasteiger partial charge in [-0.2, -0.15) is 0 Å². The highest BCUT2D eigenvalue weighted by atomic mass is 16.6. The van der Waals surface area contributed by atoms with Crippen LogP contribution < -0.4 is 9.47 Å². The van der Waals surface area contributed by atoms with Crippen molar-refractivity contribution in [1.29, 1.82) is 0 Å². The second-order valence-electron chi connectivity index (χ2n) is 8.11. The lowest BCUT2D eigenvalue weighted by atomic mass is 9.94. The number of amides is 1. The maximum atomic E-state index is 12.9. The van der Waals surface area contributed by atoms with Crippen LogP contribution in [0.2, 0.25) is 0 Å². The third kappa shape index (κ3) is 3.67. The van der Waals surface area contributed by atoms with Crippen molar-refractivity contribution in [3.8, 4) is 11.5 Å². The molecule has 0 spiro atoms. The Morgan fingerprint density at radius 3 is 2.72 bits per heavy atom. The van der Waals surface area contributed by atoms with Crippen LogP contribution in [-0.4, -0.2) is 65.6 Å². The number of benzene rings is 1. The Labute approximate surface area is 170 Å². The number of hydrogen-bond acceptors (Lipinski definition) is 6. The minimum absolute atomic E-state index is 0.0508. The quantitative estimate of drug-likeness (QED) is 0.778.